The normalized spacial score (nSPS) is 11.9. The van der Waals surface area contributed by atoms with E-state index in [1.807, 2.05) is 0 Å². The summed E-state index contributed by atoms with van der Waals surface area (Å²) < 4.78 is 2.37. The Kier molecular flexibility index (Phi) is 4.55. The second-order valence-electron chi connectivity index (χ2n) is 9.80. The van der Waals surface area contributed by atoms with Gasteiger partial charge in [-0.25, -0.2) is 5.32 Å². The molecule has 0 spiro atoms. The highest BCUT2D eigenvalue weighted by Gasteiger charge is 2.26. The summed E-state index contributed by atoms with van der Waals surface area (Å²) in [5.74, 6) is 0. The molecular weight excluding hydrogens is 460 g/mol. The second-order valence-corrected chi connectivity index (χ2v) is 9.80. The molecule has 1 radical (unpaired) electrons. The second kappa shape index (κ2) is 8.22. The van der Waals surface area contributed by atoms with Crippen molar-refractivity contribution in [3.05, 3.63) is 140 Å². The SMILES string of the molecule is c1ccc(-c2c(-c3ccc4c(c3)c3ccccc3n4-c3ccccc3)ccc3c2-c2ccccc2[N]3)cc1. The lowest BCUT2D eigenvalue weighted by Gasteiger charge is -2.16. The first-order chi connectivity index (χ1) is 18.9. The summed E-state index contributed by atoms with van der Waals surface area (Å²) in [5.41, 5.74) is 13.0. The van der Waals surface area contributed by atoms with Crippen LogP contribution in [0.15, 0.2) is 140 Å². The monoisotopic (exact) mass is 483 g/mol. The van der Waals surface area contributed by atoms with E-state index < -0.39 is 0 Å². The summed E-state index contributed by atoms with van der Waals surface area (Å²) in [6, 6.07) is 49.8. The van der Waals surface area contributed by atoms with Crippen molar-refractivity contribution in [3.63, 3.8) is 0 Å². The Hall–Kier alpha value is -5.08. The number of nitrogens with zero attached hydrogens (tertiary/aromatic N) is 2. The fourth-order valence-electron chi connectivity index (χ4n) is 6.01. The van der Waals surface area contributed by atoms with Gasteiger partial charge in [0.25, 0.3) is 0 Å². The predicted octanol–water partition coefficient (Wildman–Crippen LogP) is 9.67. The first-order valence-electron chi connectivity index (χ1n) is 13.0. The van der Waals surface area contributed by atoms with Gasteiger partial charge < -0.3 is 4.57 Å². The van der Waals surface area contributed by atoms with Crippen LogP contribution in [0.2, 0.25) is 0 Å². The molecule has 1 aliphatic rings. The number of benzene rings is 6. The maximum atomic E-state index is 4.96. The van der Waals surface area contributed by atoms with Crippen molar-refractivity contribution < 1.29 is 0 Å². The third-order valence-corrected chi connectivity index (χ3v) is 7.66. The molecule has 2 heterocycles. The van der Waals surface area contributed by atoms with Crippen LogP contribution in [0, 0.1) is 0 Å². The standard InChI is InChI=1S/C36H23N2/c1-3-11-24(12-4-1)35-27(20-21-32-36(35)29-16-7-9-17-31(29)37-32)25-19-22-34-30(23-25)28-15-8-10-18-33(28)38(34)26-13-5-2-6-14-26/h1-23H. The summed E-state index contributed by atoms with van der Waals surface area (Å²) >= 11 is 0. The Balaban J connectivity index is 1.42. The lowest BCUT2D eigenvalue weighted by molar-refractivity contribution is 1.18. The topological polar surface area (TPSA) is 19.0 Å². The highest BCUT2D eigenvalue weighted by molar-refractivity contribution is 6.12. The Labute approximate surface area is 221 Å². The molecule has 0 atom stereocenters. The van der Waals surface area contributed by atoms with Gasteiger partial charge in [-0.15, -0.1) is 0 Å². The highest BCUT2D eigenvalue weighted by atomic mass is 15.0. The fraction of sp³-hybridized carbons (Fsp3) is 0. The summed E-state index contributed by atoms with van der Waals surface area (Å²) in [7, 11) is 0. The van der Waals surface area contributed by atoms with E-state index in [1.165, 1.54) is 60.9 Å². The first kappa shape index (κ1) is 21.0. The van der Waals surface area contributed by atoms with Crippen molar-refractivity contribution in [1.29, 1.82) is 0 Å². The fourth-order valence-corrected chi connectivity index (χ4v) is 6.01. The minimum absolute atomic E-state index is 1.04. The molecule has 0 saturated heterocycles. The van der Waals surface area contributed by atoms with Crippen LogP contribution in [0.5, 0.6) is 0 Å². The Bertz CT molecular complexity index is 1980. The van der Waals surface area contributed by atoms with E-state index in [4.69, 9.17) is 5.32 Å². The quantitative estimate of drug-likeness (QED) is 0.238. The largest absolute Gasteiger partial charge is 0.309 e. The van der Waals surface area contributed by atoms with Gasteiger partial charge in [0.1, 0.15) is 0 Å². The molecule has 6 aromatic carbocycles. The number of para-hydroxylation sites is 3. The number of aromatic nitrogens is 1. The molecule has 0 amide bonds. The van der Waals surface area contributed by atoms with Gasteiger partial charge in [-0.2, -0.15) is 0 Å². The molecule has 2 nitrogen and oxygen atoms in total. The molecule has 177 valence electrons. The number of fused-ring (bicyclic) bond motifs is 6. The van der Waals surface area contributed by atoms with Crippen LogP contribution in [0.4, 0.5) is 11.4 Å². The van der Waals surface area contributed by atoms with Crippen molar-refractivity contribution >= 4 is 33.2 Å². The average molecular weight is 484 g/mol. The van der Waals surface area contributed by atoms with Crippen LogP contribution < -0.4 is 5.32 Å². The summed E-state index contributed by atoms with van der Waals surface area (Å²) in [4.78, 5) is 0. The number of hydrogen-bond acceptors (Lipinski definition) is 0. The maximum Gasteiger partial charge on any atom is 0.0723 e. The molecule has 0 fully saturated rings. The predicted molar refractivity (Wildman–Crippen MR) is 159 cm³/mol. The van der Waals surface area contributed by atoms with E-state index in [1.54, 1.807) is 0 Å². The molecule has 0 saturated carbocycles. The molecule has 7 aromatic rings. The molecule has 0 bridgehead atoms. The van der Waals surface area contributed by atoms with E-state index in [2.05, 4.69) is 144 Å². The minimum Gasteiger partial charge on any atom is -0.309 e. The van der Waals surface area contributed by atoms with Gasteiger partial charge in [-0.05, 0) is 64.7 Å². The Morgan fingerprint density at radius 1 is 0.421 bits per heavy atom. The van der Waals surface area contributed by atoms with Crippen LogP contribution in [-0.4, -0.2) is 4.57 Å². The molecule has 8 rings (SSSR count). The lowest BCUT2D eigenvalue weighted by Crippen LogP contribution is -1.93. The van der Waals surface area contributed by atoms with Gasteiger partial charge in [0.15, 0.2) is 0 Å². The van der Waals surface area contributed by atoms with Gasteiger partial charge >= 0.3 is 0 Å². The summed E-state index contributed by atoms with van der Waals surface area (Å²) in [6.07, 6.45) is 0. The van der Waals surface area contributed by atoms with E-state index in [0.717, 1.165) is 11.4 Å². The zero-order valence-electron chi connectivity index (χ0n) is 20.7. The number of hydrogen-bond donors (Lipinski definition) is 0. The highest BCUT2D eigenvalue weighted by Crippen LogP contribution is 2.51. The molecule has 1 aliphatic heterocycles. The summed E-state index contributed by atoms with van der Waals surface area (Å²) in [6.45, 7) is 0. The smallest absolute Gasteiger partial charge is 0.0723 e. The molecule has 38 heavy (non-hydrogen) atoms. The Morgan fingerprint density at radius 3 is 2.00 bits per heavy atom. The van der Waals surface area contributed by atoms with E-state index in [9.17, 15) is 0 Å². The zero-order valence-corrected chi connectivity index (χ0v) is 20.7. The van der Waals surface area contributed by atoms with Crippen molar-refractivity contribution in [2.45, 2.75) is 0 Å². The van der Waals surface area contributed by atoms with Crippen LogP contribution in [0.25, 0.3) is 60.9 Å². The maximum absolute atomic E-state index is 4.96. The summed E-state index contributed by atoms with van der Waals surface area (Å²) in [5, 5.41) is 7.48. The van der Waals surface area contributed by atoms with Gasteiger partial charge in [0, 0.05) is 27.6 Å². The molecule has 2 heteroatoms. The lowest BCUT2D eigenvalue weighted by atomic mass is 9.87. The van der Waals surface area contributed by atoms with Crippen molar-refractivity contribution in [1.82, 2.24) is 9.88 Å². The molecule has 1 aromatic heterocycles. The van der Waals surface area contributed by atoms with Crippen molar-refractivity contribution in [3.8, 4) is 39.1 Å². The average Bonchev–Trinajstić information content (AvgIpc) is 3.53. The van der Waals surface area contributed by atoms with E-state index in [-0.39, 0.29) is 0 Å². The van der Waals surface area contributed by atoms with E-state index in [0.29, 0.717) is 0 Å². The van der Waals surface area contributed by atoms with Gasteiger partial charge in [0.05, 0.1) is 22.4 Å². The zero-order chi connectivity index (χ0) is 25.1. The van der Waals surface area contributed by atoms with Crippen LogP contribution >= 0.6 is 0 Å². The van der Waals surface area contributed by atoms with Crippen LogP contribution in [0.1, 0.15) is 0 Å². The third-order valence-electron chi connectivity index (χ3n) is 7.66. The van der Waals surface area contributed by atoms with Gasteiger partial charge in [-0.1, -0.05) is 97.1 Å². The minimum atomic E-state index is 1.04. The van der Waals surface area contributed by atoms with E-state index >= 15 is 0 Å². The number of rotatable bonds is 3. The molecule has 0 N–H and O–H groups in total. The molecular formula is C36H23N2. The van der Waals surface area contributed by atoms with Gasteiger partial charge in [0.2, 0.25) is 0 Å². The Morgan fingerprint density at radius 2 is 1.13 bits per heavy atom. The first-order valence-corrected chi connectivity index (χ1v) is 13.0. The van der Waals surface area contributed by atoms with Crippen LogP contribution in [-0.2, 0) is 0 Å². The van der Waals surface area contributed by atoms with Crippen LogP contribution in [0.3, 0.4) is 0 Å². The van der Waals surface area contributed by atoms with Gasteiger partial charge in [-0.3, -0.25) is 0 Å². The molecule has 0 aliphatic carbocycles. The van der Waals surface area contributed by atoms with Crippen molar-refractivity contribution in [2.75, 3.05) is 0 Å². The third kappa shape index (κ3) is 3.07. The van der Waals surface area contributed by atoms with Crippen molar-refractivity contribution in [2.24, 2.45) is 0 Å². The molecule has 0 unspecified atom stereocenters.